The quantitative estimate of drug-likeness (QED) is 0.578. The molecule has 0 radical (unpaired) electrons. The molecule has 2 aliphatic heterocycles. The molecule has 2 rings (SSSR count). The van der Waals surface area contributed by atoms with Crippen LogP contribution >= 0.6 is 11.8 Å². The van der Waals surface area contributed by atoms with Crippen molar-refractivity contribution in [3.05, 3.63) is 0 Å². The predicted octanol–water partition coefficient (Wildman–Crippen LogP) is 1.57. The van der Waals surface area contributed by atoms with Crippen molar-refractivity contribution in [2.75, 3.05) is 25.1 Å². The minimum Gasteiger partial charge on any atom is -0.313 e. The van der Waals surface area contributed by atoms with E-state index in [2.05, 4.69) is 23.2 Å². The number of rotatable bonds is 5. The molecule has 0 aromatic rings. The van der Waals surface area contributed by atoms with Gasteiger partial charge in [0.1, 0.15) is 0 Å². The van der Waals surface area contributed by atoms with Crippen LogP contribution in [0.2, 0.25) is 0 Å². The van der Waals surface area contributed by atoms with Crippen LogP contribution in [0, 0.1) is 12.3 Å². The summed E-state index contributed by atoms with van der Waals surface area (Å²) in [4.78, 5) is 2.59. The number of nitrogens with one attached hydrogen (secondary N) is 1. The van der Waals surface area contributed by atoms with E-state index in [0.29, 0.717) is 0 Å². The first kappa shape index (κ1) is 12.3. The van der Waals surface area contributed by atoms with E-state index in [0.717, 1.165) is 36.2 Å². The number of fused-ring (bicyclic) bond motifs is 2. The highest BCUT2D eigenvalue weighted by Gasteiger charge is 2.37. The molecule has 2 fully saturated rings. The molecule has 2 saturated heterocycles. The molecule has 1 N–H and O–H groups in total. The van der Waals surface area contributed by atoms with Gasteiger partial charge in [-0.05, 0) is 32.7 Å². The average molecular weight is 238 g/mol. The van der Waals surface area contributed by atoms with Crippen molar-refractivity contribution in [1.29, 1.82) is 0 Å². The van der Waals surface area contributed by atoms with Crippen LogP contribution in [-0.2, 0) is 0 Å². The Morgan fingerprint density at radius 2 is 2.06 bits per heavy atom. The second kappa shape index (κ2) is 5.95. The molecule has 2 bridgehead atoms. The van der Waals surface area contributed by atoms with Crippen LogP contribution in [0.1, 0.15) is 25.7 Å². The summed E-state index contributed by atoms with van der Waals surface area (Å²) in [5.41, 5.74) is 0. The molecule has 0 spiro atoms. The summed E-state index contributed by atoms with van der Waals surface area (Å²) in [5.74, 6) is 4.66. The van der Waals surface area contributed by atoms with Gasteiger partial charge >= 0.3 is 0 Å². The molecular weight excluding hydrogens is 216 g/mol. The lowest BCUT2D eigenvalue weighted by atomic mass is 9.98. The van der Waals surface area contributed by atoms with Gasteiger partial charge in [-0.2, -0.15) is 0 Å². The monoisotopic (exact) mass is 238 g/mol. The van der Waals surface area contributed by atoms with Gasteiger partial charge in [-0.3, -0.25) is 0 Å². The number of piperidine rings is 1. The molecule has 16 heavy (non-hydrogen) atoms. The summed E-state index contributed by atoms with van der Waals surface area (Å²) in [6.07, 6.45) is 10.7. The summed E-state index contributed by atoms with van der Waals surface area (Å²) in [6.45, 7) is 1.11. The Morgan fingerprint density at radius 1 is 1.38 bits per heavy atom. The summed E-state index contributed by atoms with van der Waals surface area (Å²) in [6, 6.07) is 2.43. The number of hydrogen-bond acceptors (Lipinski definition) is 3. The summed E-state index contributed by atoms with van der Waals surface area (Å²) in [5, 5.41) is 3.69. The molecule has 0 aromatic carbocycles. The SMILES string of the molecule is C#CCSCCNC1CC2CCC(C1)N2C. The van der Waals surface area contributed by atoms with Crippen LogP contribution in [0.25, 0.3) is 0 Å². The van der Waals surface area contributed by atoms with Crippen LogP contribution in [-0.4, -0.2) is 48.1 Å². The van der Waals surface area contributed by atoms with E-state index in [1.807, 2.05) is 11.8 Å². The third-order valence-electron chi connectivity index (χ3n) is 3.96. The zero-order valence-corrected chi connectivity index (χ0v) is 10.9. The van der Waals surface area contributed by atoms with E-state index < -0.39 is 0 Å². The van der Waals surface area contributed by atoms with Crippen molar-refractivity contribution < 1.29 is 0 Å². The first-order valence-corrected chi connectivity index (χ1v) is 7.43. The van der Waals surface area contributed by atoms with Gasteiger partial charge in [0.25, 0.3) is 0 Å². The Labute approximate surface area is 104 Å². The van der Waals surface area contributed by atoms with Crippen molar-refractivity contribution in [2.24, 2.45) is 0 Å². The summed E-state index contributed by atoms with van der Waals surface area (Å²) >= 11 is 1.85. The molecule has 0 saturated carbocycles. The highest BCUT2D eigenvalue weighted by molar-refractivity contribution is 7.99. The molecule has 0 aliphatic carbocycles. The van der Waals surface area contributed by atoms with Crippen LogP contribution in [0.4, 0.5) is 0 Å². The third kappa shape index (κ3) is 2.94. The average Bonchev–Trinajstić information content (AvgIpc) is 2.54. The Morgan fingerprint density at radius 3 is 2.69 bits per heavy atom. The smallest absolute Gasteiger partial charge is 0.0545 e. The molecule has 3 heteroatoms. The third-order valence-corrected chi connectivity index (χ3v) is 4.83. The largest absolute Gasteiger partial charge is 0.313 e. The Balaban J connectivity index is 1.63. The zero-order chi connectivity index (χ0) is 11.4. The van der Waals surface area contributed by atoms with E-state index in [1.165, 1.54) is 25.7 Å². The van der Waals surface area contributed by atoms with Crippen molar-refractivity contribution in [2.45, 2.75) is 43.8 Å². The maximum absolute atomic E-state index is 5.22. The Hall–Kier alpha value is -0.170. The van der Waals surface area contributed by atoms with Crippen molar-refractivity contribution >= 4 is 11.8 Å². The van der Waals surface area contributed by atoms with E-state index >= 15 is 0 Å². The first-order valence-electron chi connectivity index (χ1n) is 6.27. The maximum atomic E-state index is 5.22. The fourth-order valence-corrected chi connectivity index (χ4v) is 3.57. The Bertz CT molecular complexity index is 247. The Kier molecular flexibility index (Phi) is 4.57. The summed E-state index contributed by atoms with van der Waals surface area (Å²) < 4.78 is 0. The van der Waals surface area contributed by atoms with Gasteiger partial charge in [0.05, 0.1) is 5.75 Å². The normalized spacial score (nSPS) is 33.9. The van der Waals surface area contributed by atoms with Gasteiger partial charge in [-0.25, -0.2) is 0 Å². The van der Waals surface area contributed by atoms with E-state index in [1.54, 1.807) is 0 Å². The number of terminal acetylenes is 1. The van der Waals surface area contributed by atoms with Gasteiger partial charge in [-0.15, -0.1) is 18.2 Å². The lowest BCUT2D eigenvalue weighted by Crippen LogP contribution is -2.47. The summed E-state index contributed by atoms with van der Waals surface area (Å²) in [7, 11) is 2.29. The highest BCUT2D eigenvalue weighted by Crippen LogP contribution is 2.34. The predicted molar refractivity (Wildman–Crippen MR) is 71.8 cm³/mol. The number of nitrogens with zero attached hydrogens (tertiary/aromatic N) is 1. The van der Waals surface area contributed by atoms with Gasteiger partial charge in [0, 0.05) is 30.4 Å². The van der Waals surface area contributed by atoms with Crippen LogP contribution in [0.5, 0.6) is 0 Å². The minimum atomic E-state index is 0.750. The minimum absolute atomic E-state index is 0.750. The molecule has 0 amide bonds. The molecule has 90 valence electrons. The molecule has 2 aliphatic rings. The van der Waals surface area contributed by atoms with Crippen LogP contribution in [0.3, 0.4) is 0 Å². The molecule has 2 unspecified atom stereocenters. The van der Waals surface area contributed by atoms with Crippen molar-refractivity contribution in [1.82, 2.24) is 10.2 Å². The second-order valence-electron chi connectivity index (χ2n) is 4.93. The van der Waals surface area contributed by atoms with Crippen LogP contribution in [0.15, 0.2) is 0 Å². The van der Waals surface area contributed by atoms with Gasteiger partial charge in [0.2, 0.25) is 0 Å². The molecule has 2 nitrogen and oxygen atoms in total. The van der Waals surface area contributed by atoms with E-state index in [4.69, 9.17) is 6.42 Å². The number of hydrogen-bond donors (Lipinski definition) is 1. The fourth-order valence-electron chi connectivity index (χ4n) is 3.04. The second-order valence-corrected chi connectivity index (χ2v) is 6.03. The number of thioether (sulfide) groups is 1. The van der Waals surface area contributed by atoms with E-state index in [-0.39, 0.29) is 0 Å². The first-order chi connectivity index (χ1) is 7.81. The lowest BCUT2D eigenvalue weighted by Gasteiger charge is -2.36. The van der Waals surface area contributed by atoms with Gasteiger partial charge < -0.3 is 10.2 Å². The molecule has 2 heterocycles. The van der Waals surface area contributed by atoms with E-state index in [9.17, 15) is 0 Å². The van der Waals surface area contributed by atoms with Gasteiger partial charge in [0.15, 0.2) is 0 Å². The van der Waals surface area contributed by atoms with Crippen LogP contribution < -0.4 is 5.32 Å². The zero-order valence-electron chi connectivity index (χ0n) is 10.1. The standard InChI is InChI=1S/C13H22N2S/c1-3-7-16-8-6-14-11-9-12-4-5-13(10-11)15(12)2/h1,11-14H,4-10H2,2H3. The molecule has 0 aromatic heterocycles. The molecular formula is C13H22N2S. The van der Waals surface area contributed by atoms with Crippen molar-refractivity contribution in [3.63, 3.8) is 0 Å². The van der Waals surface area contributed by atoms with Gasteiger partial charge in [-0.1, -0.05) is 5.92 Å². The highest BCUT2D eigenvalue weighted by atomic mass is 32.2. The topological polar surface area (TPSA) is 15.3 Å². The maximum Gasteiger partial charge on any atom is 0.0545 e. The van der Waals surface area contributed by atoms with Crippen molar-refractivity contribution in [3.8, 4) is 12.3 Å². The lowest BCUT2D eigenvalue weighted by molar-refractivity contribution is 0.150. The fraction of sp³-hybridized carbons (Fsp3) is 0.846. The molecule has 2 atom stereocenters.